The van der Waals surface area contributed by atoms with Crippen LogP contribution in [-0.2, 0) is 4.79 Å². The Morgan fingerprint density at radius 3 is 2.62 bits per heavy atom. The molecular weight excluding hydrogens is 102 g/mol. The Hall–Kier alpha value is -0.920. The van der Waals surface area contributed by atoms with E-state index in [0.29, 0.717) is 12.1 Å². The molecule has 0 heterocycles. The summed E-state index contributed by atoms with van der Waals surface area (Å²) in [4.78, 5) is 13.6. The second-order valence-corrected chi connectivity index (χ2v) is 1.27. The van der Waals surface area contributed by atoms with Crippen LogP contribution in [0.2, 0.25) is 0 Å². The van der Waals surface area contributed by atoms with Gasteiger partial charge in [-0.05, 0) is 6.42 Å². The zero-order chi connectivity index (χ0) is 6.41. The van der Waals surface area contributed by atoms with Crippen LogP contribution >= 0.6 is 0 Å². The van der Waals surface area contributed by atoms with E-state index in [1.165, 1.54) is 6.20 Å². The van der Waals surface area contributed by atoms with Crippen molar-refractivity contribution in [3.8, 4) is 0 Å². The zero-order valence-electron chi connectivity index (χ0n) is 4.92. The van der Waals surface area contributed by atoms with E-state index in [-0.39, 0.29) is 0 Å². The Morgan fingerprint density at radius 1 is 1.88 bits per heavy atom. The predicted octanol–water partition coefficient (Wildman–Crippen LogP) is 1.18. The van der Waals surface area contributed by atoms with Crippen LogP contribution in [0.25, 0.3) is 0 Å². The SMILES string of the molecule is C=CN=C(C=O)CC. The summed E-state index contributed by atoms with van der Waals surface area (Å²) in [6.07, 6.45) is 2.78. The van der Waals surface area contributed by atoms with Gasteiger partial charge in [0, 0.05) is 6.20 Å². The maximum absolute atomic E-state index is 9.95. The summed E-state index contributed by atoms with van der Waals surface area (Å²) in [5, 5.41) is 0. The predicted molar refractivity (Wildman–Crippen MR) is 34.0 cm³/mol. The minimum Gasteiger partial charge on any atom is -0.297 e. The first-order valence-electron chi connectivity index (χ1n) is 2.48. The molecule has 0 radical (unpaired) electrons. The normalized spacial score (nSPS) is 10.9. The van der Waals surface area contributed by atoms with Crippen LogP contribution in [0.5, 0.6) is 0 Å². The lowest BCUT2D eigenvalue weighted by molar-refractivity contribution is -0.102. The Morgan fingerprint density at radius 2 is 2.50 bits per heavy atom. The molecule has 8 heavy (non-hydrogen) atoms. The number of aliphatic imine (C=N–C) groups is 1. The van der Waals surface area contributed by atoms with Crippen molar-refractivity contribution in [1.29, 1.82) is 0 Å². The number of rotatable bonds is 3. The fraction of sp³-hybridized carbons (Fsp3) is 0.333. The summed E-state index contributed by atoms with van der Waals surface area (Å²) in [6.45, 7) is 5.22. The number of carbonyl (C=O) groups is 1. The van der Waals surface area contributed by atoms with Gasteiger partial charge < -0.3 is 0 Å². The van der Waals surface area contributed by atoms with Crippen LogP contribution in [0.15, 0.2) is 17.8 Å². The molecule has 0 fully saturated rings. The summed E-state index contributed by atoms with van der Waals surface area (Å²) in [6, 6.07) is 0. The van der Waals surface area contributed by atoms with Gasteiger partial charge in [0.2, 0.25) is 0 Å². The smallest absolute Gasteiger partial charge is 0.164 e. The number of aldehydes is 1. The third kappa shape index (κ3) is 2.29. The summed E-state index contributed by atoms with van der Waals surface area (Å²) in [5.41, 5.74) is 0.542. The van der Waals surface area contributed by atoms with Gasteiger partial charge in [0.1, 0.15) is 0 Å². The molecule has 0 N–H and O–H groups in total. The first kappa shape index (κ1) is 7.08. The van der Waals surface area contributed by atoms with Crippen molar-refractivity contribution in [2.75, 3.05) is 0 Å². The van der Waals surface area contributed by atoms with Gasteiger partial charge in [0.25, 0.3) is 0 Å². The van der Waals surface area contributed by atoms with Crippen molar-refractivity contribution in [3.63, 3.8) is 0 Å². The molecule has 2 heteroatoms. The van der Waals surface area contributed by atoms with Crippen LogP contribution in [-0.4, -0.2) is 12.0 Å². The van der Waals surface area contributed by atoms with Gasteiger partial charge >= 0.3 is 0 Å². The molecule has 0 aromatic heterocycles. The summed E-state index contributed by atoms with van der Waals surface area (Å²) in [7, 11) is 0. The van der Waals surface area contributed by atoms with E-state index in [9.17, 15) is 4.79 Å². The first-order valence-corrected chi connectivity index (χ1v) is 2.48. The Kier molecular flexibility index (Phi) is 3.76. The van der Waals surface area contributed by atoms with Gasteiger partial charge in [-0.15, -0.1) is 0 Å². The van der Waals surface area contributed by atoms with E-state index in [0.717, 1.165) is 6.29 Å². The van der Waals surface area contributed by atoms with Crippen molar-refractivity contribution in [2.45, 2.75) is 13.3 Å². The highest BCUT2D eigenvalue weighted by molar-refractivity contribution is 6.28. The average molecular weight is 111 g/mol. The Bertz CT molecular complexity index is 116. The van der Waals surface area contributed by atoms with Gasteiger partial charge in [-0.2, -0.15) is 0 Å². The molecule has 0 saturated heterocycles. The fourth-order valence-electron chi connectivity index (χ4n) is 0.322. The molecular formula is C6H9NO. The first-order chi connectivity index (χ1) is 3.85. The van der Waals surface area contributed by atoms with E-state index < -0.39 is 0 Å². The molecule has 0 amide bonds. The Balaban J connectivity index is 3.84. The second-order valence-electron chi connectivity index (χ2n) is 1.27. The van der Waals surface area contributed by atoms with Crippen LogP contribution in [0.1, 0.15) is 13.3 Å². The molecule has 0 bridgehead atoms. The van der Waals surface area contributed by atoms with Crippen LogP contribution in [0.3, 0.4) is 0 Å². The molecule has 0 spiro atoms. The quantitative estimate of drug-likeness (QED) is 0.397. The molecule has 44 valence electrons. The van der Waals surface area contributed by atoms with Crippen molar-refractivity contribution in [3.05, 3.63) is 12.8 Å². The molecule has 0 unspecified atom stereocenters. The van der Waals surface area contributed by atoms with Crippen molar-refractivity contribution >= 4 is 12.0 Å². The van der Waals surface area contributed by atoms with Gasteiger partial charge in [0.15, 0.2) is 6.29 Å². The van der Waals surface area contributed by atoms with Gasteiger partial charge in [0.05, 0.1) is 5.71 Å². The van der Waals surface area contributed by atoms with Gasteiger partial charge in [-0.25, -0.2) is 0 Å². The monoisotopic (exact) mass is 111 g/mol. The van der Waals surface area contributed by atoms with Crippen molar-refractivity contribution in [1.82, 2.24) is 0 Å². The topological polar surface area (TPSA) is 29.4 Å². The lowest BCUT2D eigenvalue weighted by Gasteiger charge is -1.84. The molecule has 0 aliphatic carbocycles. The summed E-state index contributed by atoms with van der Waals surface area (Å²) < 4.78 is 0. The van der Waals surface area contributed by atoms with E-state index in [2.05, 4.69) is 11.6 Å². The second kappa shape index (κ2) is 4.24. The molecule has 0 atom stereocenters. The molecule has 2 nitrogen and oxygen atoms in total. The molecule has 0 aromatic rings. The van der Waals surface area contributed by atoms with Gasteiger partial charge in [-0.3, -0.25) is 9.79 Å². The van der Waals surface area contributed by atoms with Crippen LogP contribution in [0.4, 0.5) is 0 Å². The molecule has 0 saturated carbocycles. The number of hydrogen-bond donors (Lipinski definition) is 0. The highest BCUT2D eigenvalue weighted by Crippen LogP contribution is 1.80. The van der Waals surface area contributed by atoms with Gasteiger partial charge in [-0.1, -0.05) is 13.5 Å². The zero-order valence-corrected chi connectivity index (χ0v) is 4.92. The highest BCUT2D eigenvalue weighted by atomic mass is 16.1. The molecule has 0 aromatic carbocycles. The third-order valence-corrected chi connectivity index (χ3v) is 0.755. The van der Waals surface area contributed by atoms with E-state index in [1.807, 2.05) is 6.92 Å². The Labute approximate surface area is 48.9 Å². The fourth-order valence-corrected chi connectivity index (χ4v) is 0.322. The number of nitrogens with zero attached hydrogens (tertiary/aromatic N) is 1. The highest BCUT2D eigenvalue weighted by Gasteiger charge is 1.86. The van der Waals surface area contributed by atoms with E-state index in [1.54, 1.807) is 0 Å². The molecule has 0 aliphatic heterocycles. The summed E-state index contributed by atoms with van der Waals surface area (Å²) in [5.74, 6) is 0. The standard InChI is InChI=1S/C6H9NO/c1-3-6(5-8)7-4-2/h4-5H,2-3H2,1H3. The minimum absolute atomic E-state index is 0.542. The molecule has 0 rings (SSSR count). The summed E-state index contributed by atoms with van der Waals surface area (Å²) >= 11 is 0. The number of carbonyl (C=O) groups excluding carboxylic acids is 1. The lowest BCUT2D eigenvalue weighted by atomic mass is 10.3. The van der Waals surface area contributed by atoms with Crippen molar-refractivity contribution < 1.29 is 4.79 Å². The largest absolute Gasteiger partial charge is 0.297 e. The maximum atomic E-state index is 9.95. The van der Waals surface area contributed by atoms with E-state index >= 15 is 0 Å². The van der Waals surface area contributed by atoms with E-state index in [4.69, 9.17) is 0 Å². The maximum Gasteiger partial charge on any atom is 0.164 e. The molecule has 0 aliphatic rings. The third-order valence-electron chi connectivity index (χ3n) is 0.755. The average Bonchev–Trinajstić information content (AvgIpc) is 1.83. The minimum atomic E-state index is 0.542. The van der Waals surface area contributed by atoms with Crippen LogP contribution < -0.4 is 0 Å². The number of hydrogen-bond acceptors (Lipinski definition) is 2. The van der Waals surface area contributed by atoms with Crippen LogP contribution in [0, 0.1) is 0 Å². The van der Waals surface area contributed by atoms with Crippen molar-refractivity contribution in [2.24, 2.45) is 4.99 Å². The lowest BCUT2D eigenvalue weighted by Crippen LogP contribution is -1.94.